The van der Waals surface area contributed by atoms with E-state index in [0.29, 0.717) is 6.42 Å². The van der Waals surface area contributed by atoms with Crippen LogP contribution in [0.2, 0.25) is 0 Å². The maximum absolute atomic E-state index is 10.4. The van der Waals surface area contributed by atoms with Crippen molar-refractivity contribution in [1.29, 1.82) is 0 Å². The Kier molecular flexibility index (Phi) is 6.52. The average molecular weight is 332 g/mol. The highest BCUT2D eigenvalue weighted by Gasteiger charge is 2.25. The third kappa shape index (κ3) is 4.95. The fourth-order valence-corrected chi connectivity index (χ4v) is 4.15. The smallest absolute Gasteiger partial charge is 0.118 e. The van der Waals surface area contributed by atoms with Crippen LogP contribution in [0.25, 0.3) is 0 Å². The zero-order chi connectivity index (χ0) is 16.8. The summed E-state index contributed by atoms with van der Waals surface area (Å²) in [6.07, 6.45) is 7.44. The fraction of sp³-hybridized carbons (Fsp3) is 0.700. The number of rotatable bonds is 6. The van der Waals surface area contributed by atoms with Crippen LogP contribution in [0.1, 0.15) is 37.7 Å². The van der Waals surface area contributed by atoms with Crippen molar-refractivity contribution < 1.29 is 9.84 Å². The lowest BCUT2D eigenvalue weighted by molar-refractivity contribution is 0.0480. The maximum atomic E-state index is 10.4. The van der Waals surface area contributed by atoms with Crippen molar-refractivity contribution >= 4 is 0 Å². The van der Waals surface area contributed by atoms with Crippen LogP contribution in [0.4, 0.5) is 0 Å². The molecule has 0 aromatic heterocycles. The molecule has 1 saturated carbocycles. The molecule has 1 atom stereocenters. The molecule has 1 N–H and O–H groups in total. The Morgan fingerprint density at radius 3 is 2.33 bits per heavy atom. The zero-order valence-electron chi connectivity index (χ0n) is 15.0. The molecule has 0 radical (unpaired) electrons. The summed E-state index contributed by atoms with van der Waals surface area (Å²) in [6.45, 7) is 5.30. The summed E-state index contributed by atoms with van der Waals surface area (Å²) in [5, 5.41) is 10.4. The largest absolute Gasteiger partial charge is 0.497 e. The van der Waals surface area contributed by atoms with Crippen molar-refractivity contribution in [3.8, 4) is 5.75 Å². The van der Waals surface area contributed by atoms with Crippen LogP contribution in [0.3, 0.4) is 0 Å². The highest BCUT2D eigenvalue weighted by atomic mass is 16.5. The number of piperazine rings is 1. The molecular formula is C20H32N2O2. The molecule has 0 spiro atoms. The molecule has 1 aromatic rings. The number of β-amino-alcohol motifs (C(OH)–C–C–N with tert-alkyl or cyclic N) is 1. The second-order valence-electron chi connectivity index (χ2n) is 7.33. The van der Waals surface area contributed by atoms with Gasteiger partial charge in [0.1, 0.15) is 5.75 Å². The topological polar surface area (TPSA) is 35.9 Å². The predicted octanol–water partition coefficient (Wildman–Crippen LogP) is 2.55. The van der Waals surface area contributed by atoms with Crippen molar-refractivity contribution in [3.63, 3.8) is 0 Å². The van der Waals surface area contributed by atoms with Gasteiger partial charge in [-0.1, -0.05) is 31.4 Å². The standard InChI is InChI=1S/C20H32N2O2/c1-24-20-9-7-17(8-10-20)15-19(23)16-21-11-13-22(14-12-21)18-5-3-2-4-6-18/h7-10,18-19,23H,2-6,11-16H2,1H3. The summed E-state index contributed by atoms with van der Waals surface area (Å²) in [6, 6.07) is 8.84. The lowest BCUT2D eigenvalue weighted by Gasteiger charge is -2.41. The van der Waals surface area contributed by atoms with Crippen molar-refractivity contribution in [3.05, 3.63) is 29.8 Å². The van der Waals surface area contributed by atoms with Gasteiger partial charge < -0.3 is 9.84 Å². The van der Waals surface area contributed by atoms with E-state index >= 15 is 0 Å². The van der Waals surface area contributed by atoms with Crippen LogP contribution in [-0.2, 0) is 6.42 Å². The molecule has 134 valence electrons. The molecule has 1 aliphatic carbocycles. The SMILES string of the molecule is COc1ccc(CC(O)CN2CCN(C3CCCCC3)CC2)cc1. The van der Waals surface area contributed by atoms with E-state index in [-0.39, 0.29) is 6.10 Å². The first-order valence-electron chi connectivity index (χ1n) is 9.52. The first-order chi connectivity index (χ1) is 11.7. The number of nitrogens with zero attached hydrogens (tertiary/aromatic N) is 2. The molecule has 2 fully saturated rings. The van der Waals surface area contributed by atoms with E-state index in [1.54, 1.807) is 7.11 Å². The molecule has 1 heterocycles. The first-order valence-corrected chi connectivity index (χ1v) is 9.52. The Hall–Kier alpha value is -1.10. The van der Waals surface area contributed by atoms with E-state index in [0.717, 1.165) is 31.4 Å². The number of hydrogen-bond acceptors (Lipinski definition) is 4. The number of methoxy groups -OCH3 is 1. The van der Waals surface area contributed by atoms with Crippen molar-refractivity contribution in [1.82, 2.24) is 9.80 Å². The fourth-order valence-electron chi connectivity index (χ4n) is 4.15. The molecule has 24 heavy (non-hydrogen) atoms. The minimum Gasteiger partial charge on any atom is -0.497 e. The van der Waals surface area contributed by atoms with Crippen LogP contribution in [0, 0.1) is 0 Å². The van der Waals surface area contributed by atoms with Gasteiger partial charge in [0.05, 0.1) is 13.2 Å². The molecular weight excluding hydrogens is 300 g/mol. The lowest BCUT2D eigenvalue weighted by Crippen LogP contribution is -2.52. The Bertz CT molecular complexity index is 477. The van der Waals surface area contributed by atoms with Gasteiger partial charge in [0.25, 0.3) is 0 Å². The van der Waals surface area contributed by atoms with Crippen LogP contribution in [0.5, 0.6) is 5.75 Å². The summed E-state index contributed by atoms with van der Waals surface area (Å²) >= 11 is 0. The molecule has 1 saturated heterocycles. The second kappa shape index (κ2) is 8.84. The predicted molar refractivity (Wildman–Crippen MR) is 97.6 cm³/mol. The van der Waals surface area contributed by atoms with Crippen LogP contribution in [-0.4, -0.2) is 66.9 Å². The van der Waals surface area contributed by atoms with Gasteiger partial charge in [0.2, 0.25) is 0 Å². The number of ether oxygens (including phenoxy) is 1. The summed E-state index contributed by atoms with van der Waals surface area (Å²) in [7, 11) is 1.68. The maximum Gasteiger partial charge on any atom is 0.118 e. The van der Waals surface area contributed by atoms with Crippen molar-refractivity contribution in [2.75, 3.05) is 39.8 Å². The number of benzene rings is 1. The Morgan fingerprint density at radius 2 is 1.71 bits per heavy atom. The van der Waals surface area contributed by atoms with E-state index < -0.39 is 0 Å². The van der Waals surface area contributed by atoms with Crippen molar-refractivity contribution in [2.24, 2.45) is 0 Å². The molecule has 0 bridgehead atoms. The van der Waals surface area contributed by atoms with E-state index in [4.69, 9.17) is 4.74 Å². The van der Waals surface area contributed by atoms with Gasteiger partial charge in [0.15, 0.2) is 0 Å². The minimum atomic E-state index is -0.292. The third-order valence-electron chi connectivity index (χ3n) is 5.60. The van der Waals surface area contributed by atoms with Gasteiger partial charge in [0, 0.05) is 38.8 Å². The van der Waals surface area contributed by atoms with Gasteiger partial charge in [-0.2, -0.15) is 0 Å². The summed E-state index contributed by atoms with van der Waals surface area (Å²) < 4.78 is 5.18. The monoisotopic (exact) mass is 332 g/mol. The van der Waals surface area contributed by atoms with E-state index in [1.807, 2.05) is 24.3 Å². The van der Waals surface area contributed by atoms with Crippen LogP contribution >= 0.6 is 0 Å². The lowest BCUT2D eigenvalue weighted by atomic mass is 9.94. The highest BCUT2D eigenvalue weighted by molar-refractivity contribution is 5.27. The molecule has 4 nitrogen and oxygen atoms in total. The van der Waals surface area contributed by atoms with Gasteiger partial charge >= 0.3 is 0 Å². The highest BCUT2D eigenvalue weighted by Crippen LogP contribution is 2.23. The van der Waals surface area contributed by atoms with Crippen LogP contribution < -0.4 is 4.74 Å². The molecule has 3 rings (SSSR count). The molecule has 4 heteroatoms. The molecule has 1 aromatic carbocycles. The average Bonchev–Trinajstić information content (AvgIpc) is 2.64. The quantitative estimate of drug-likeness (QED) is 0.868. The molecule has 2 aliphatic rings. The van der Waals surface area contributed by atoms with Crippen LogP contribution in [0.15, 0.2) is 24.3 Å². The number of hydrogen-bond donors (Lipinski definition) is 1. The summed E-state index contributed by atoms with van der Waals surface area (Å²) in [5.74, 6) is 0.868. The number of aliphatic hydroxyl groups excluding tert-OH is 1. The van der Waals surface area contributed by atoms with E-state index in [1.165, 1.54) is 50.8 Å². The first kappa shape index (κ1) is 17.7. The zero-order valence-corrected chi connectivity index (χ0v) is 15.0. The van der Waals surface area contributed by atoms with Gasteiger partial charge in [-0.05, 0) is 37.0 Å². The van der Waals surface area contributed by atoms with E-state index in [2.05, 4.69) is 9.80 Å². The summed E-state index contributed by atoms with van der Waals surface area (Å²) in [4.78, 5) is 5.11. The molecule has 1 unspecified atom stereocenters. The van der Waals surface area contributed by atoms with Gasteiger partial charge in [-0.3, -0.25) is 9.80 Å². The Morgan fingerprint density at radius 1 is 1.04 bits per heavy atom. The van der Waals surface area contributed by atoms with Crippen molar-refractivity contribution in [2.45, 2.75) is 50.7 Å². The second-order valence-corrected chi connectivity index (χ2v) is 7.33. The summed E-state index contributed by atoms with van der Waals surface area (Å²) in [5.41, 5.74) is 1.17. The molecule has 0 amide bonds. The number of aliphatic hydroxyl groups is 1. The van der Waals surface area contributed by atoms with E-state index in [9.17, 15) is 5.11 Å². The Labute approximate surface area is 146 Å². The minimum absolute atomic E-state index is 0.292. The normalized spacial score (nSPS) is 22.4. The molecule has 1 aliphatic heterocycles. The van der Waals surface area contributed by atoms with Gasteiger partial charge in [-0.25, -0.2) is 0 Å². The van der Waals surface area contributed by atoms with Gasteiger partial charge in [-0.15, -0.1) is 0 Å². The third-order valence-corrected chi connectivity index (χ3v) is 5.60. The Balaban J connectivity index is 1.40.